The van der Waals surface area contributed by atoms with Crippen molar-refractivity contribution in [3.8, 4) is 11.6 Å². The fourth-order valence-corrected chi connectivity index (χ4v) is 2.03. The molecule has 0 bridgehead atoms. The average Bonchev–Trinajstić information content (AvgIpc) is 3.01. The molecule has 1 amide bonds. The molecule has 0 saturated heterocycles. The number of carbonyl (C=O) groups excluding carboxylic acids is 1. The van der Waals surface area contributed by atoms with E-state index in [1.807, 2.05) is 0 Å². The summed E-state index contributed by atoms with van der Waals surface area (Å²) >= 11 is 0. The quantitative estimate of drug-likeness (QED) is 0.563. The zero-order valence-electron chi connectivity index (χ0n) is 11.4. The molecule has 3 aromatic rings. The van der Waals surface area contributed by atoms with Gasteiger partial charge in [0.25, 0.3) is 5.91 Å². The highest BCUT2D eigenvalue weighted by Crippen LogP contribution is 2.27. The number of hydrogen-bond donors (Lipinski definition) is 4. The van der Waals surface area contributed by atoms with Crippen molar-refractivity contribution in [2.24, 2.45) is 0 Å². The lowest BCUT2D eigenvalue weighted by Crippen LogP contribution is -2.27. The van der Waals surface area contributed by atoms with Crippen LogP contribution in [-0.4, -0.2) is 42.6 Å². The molecule has 4 N–H and O–H groups in total. The molecule has 0 spiro atoms. The Morgan fingerprint density at radius 2 is 2.14 bits per heavy atom. The van der Waals surface area contributed by atoms with Crippen molar-refractivity contribution in [3.63, 3.8) is 0 Å². The van der Waals surface area contributed by atoms with E-state index < -0.39 is 5.91 Å². The van der Waals surface area contributed by atoms with Gasteiger partial charge >= 0.3 is 0 Å². The molecule has 1 aromatic carbocycles. The number of carbonyl (C=O) groups is 1. The predicted molar refractivity (Wildman–Crippen MR) is 77.5 cm³/mol. The molecule has 8 nitrogen and oxygen atoms in total. The molecule has 3 rings (SSSR count). The van der Waals surface area contributed by atoms with Crippen LogP contribution in [-0.2, 0) is 6.42 Å². The number of aromatic amines is 1. The lowest BCUT2D eigenvalue weighted by atomic mass is 10.2. The second kappa shape index (κ2) is 5.68. The number of imidazole rings is 1. The van der Waals surface area contributed by atoms with Gasteiger partial charge in [-0.3, -0.25) is 4.79 Å². The standard InChI is InChI=1S/C14H13N5O3/c20-10-3-1-2-9-11(10)18-12(19-13(9)21)14(22)16-5-4-8-6-15-7-17-8/h1-3,6-7,20H,4-5H2,(H,15,17)(H,16,22)(H,18,19,21). The topological polar surface area (TPSA) is 124 Å². The fourth-order valence-electron chi connectivity index (χ4n) is 2.03. The van der Waals surface area contributed by atoms with Crippen molar-refractivity contribution in [3.05, 3.63) is 42.2 Å². The molecule has 0 saturated carbocycles. The van der Waals surface area contributed by atoms with Gasteiger partial charge in [0.1, 0.15) is 11.3 Å². The fraction of sp³-hybridized carbons (Fsp3) is 0.143. The average molecular weight is 299 g/mol. The number of H-pyrrole nitrogens is 1. The lowest BCUT2D eigenvalue weighted by Gasteiger charge is -2.06. The Morgan fingerprint density at radius 1 is 1.27 bits per heavy atom. The molecule has 0 aliphatic rings. The second-order valence-electron chi connectivity index (χ2n) is 4.61. The molecule has 22 heavy (non-hydrogen) atoms. The molecule has 0 fully saturated rings. The van der Waals surface area contributed by atoms with Gasteiger partial charge in [0.05, 0.1) is 17.4 Å². The summed E-state index contributed by atoms with van der Waals surface area (Å²) in [4.78, 5) is 26.6. The third-order valence-electron chi connectivity index (χ3n) is 3.11. The summed E-state index contributed by atoms with van der Waals surface area (Å²) in [5, 5.41) is 22.5. The van der Waals surface area contributed by atoms with Crippen LogP contribution in [0.25, 0.3) is 10.9 Å². The maximum Gasteiger partial charge on any atom is 0.289 e. The highest BCUT2D eigenvalue weighted by molar-refractivity contribution is 5.95. The van der Waals surface area contributed by atoms with Crippen LogP contribution in [0.5, 0.6) is 11.6 Å². The molecule has 0 atom stereocenters. The van der Waals surface area contributed by atoms with Gasteiger partial charge in [-0.15, -0.1) is 0 Å². The van der Waals surface area contributed by atoms with Gasteiger partial charge in [-0.25, -0.2) is 9.97 Å². The molecular weight excluding hydrogens is 286 g/mol. The van der Waals surface area contributed by atoms with Crippen LogP contribution in [0, 0.1) is 0 Å². The van der Waals surface area contributed by atoms with Gasteiger partial charge < -0.3 is 20.5 Å². The molecule has 0 aliphatic heterocycles. The summed E-state index contributed by atoms with van der Waals surface area (Å²) in [6, 6.07) is 4.54. The Morgan fingerprint density at radius 3 is 2.91 bits per heavy atom. The van der Waals surface area contributed by atoms with Crippen LogP contribution in [0.2, 0.25) is 0 Å². The zero-order chi connectivity index (χ0) is 15.5. The minimum atomic E-state index is -0.531. The van der Waals surface area contributed by atoms with E-state index in [1.165, 1.54) is 6.07 Å². The number of aromatic hydroxyl groups is 2. The first-order chi connectivity index (χ1) is 10.6. The maximum absolute atomic E-state index is 12.0. The molecule has 8 heteroatoms. The van der Waals surface area contributed by atoms with E-state index in [2.05, 4.69) is 25.3 Å². The largest absolute Gasteiger partial charge is 0.506 e. The summed E-state index contributed by atoms with van der Waals surface area (Å²) in [6.07, 6.45) is 3.85. The van der Waals surface area contributed by atoms with Crippen LogP contribution < -0.4 is 5.32 Å². The Bertz CT molecular complexity index is 817. The maximum atomic E-state index is 12.0. The SMILES string of the molecule is O=C(NCCc1c[nH]cn1)c1nc(O)c2cccc(O)c2n1. The molecule has 2 heterocycles. The Kier molecular flexibility index (Phi) is 3.57. The molecule has 112 valence electrons. The monoisotopic (exact) mass is 299 g/mol. The number of hydrogen-bond acceptors (Lipinski definition) is 6. The number of aromatic nitrogens is 4. The minimum absolute atomic E-state index is 0.124. The summed E-state index contributed by atoms with van der Waals surface area (Å²) in [7, 11) is 0. The first-order valence-electron chi connectivity index (χ1n) is 6.59. The van der Waals surface area contributed by atoms with E-state index in [-0.39, 0.29) is 28.4 Å². The molecule has 0 unspecified atom stereocenters. The highest BCUT2D eigenvalue weighted by atomic mass is 16.3. The van der Waals surface area contributed by atoms with Crippen LogP contribution in [0.4, 0.5) is 0 Å². The van der Waals surface area contributed by atoms with Gasteiger partial charge in [-0.2, -0.15) is 4.98 Å². The molecule has 0 radical (unpaired) electrons. The van der Waals surface area contributed by atoms with E-state index in [4.69, 9.17) is 0 Å². The molecule has 2 aromatic heterocycles. The van der Waals surface area contributed by atoms with Crippen LogP contribution in [0.3, 0.4) is 0 Å². The normalized spacial score (nSPS) is 10.7. The number of benzene rings is 1. The van der Waals surface area contributed by atoms with Gasteiger partial charge in [0.15, 0.2) is 0 Å². The first-order valence-corrected chi connectivity index (χ1v) is 6.59. The van der Waals surface area contributed by atoms with E-state index in [0.29, 0.717) is 13.0 Å². The number of amides is 1. The smallest absolute Gasteiger partial charge is 0.289 e. The second-order valence-corrected chi connectivity index (χ2v) is 4.61. The molecule has 0 aliphatic carbocycles. The number of para-hydroxylation sites is 1. The van der Waals surface area contributed by atoms with Crippen LogP contribution in [0.15, 0.2) is 30.7 Å². The number of rotatable bonds is 4. The zero-order valence-corrected chi connectivity index (χ0v) is 11.4. The van der Waals surface area contributed by atoms with Crippen molar-refractivity contribution in [1.29, 1.82) is 0 Å². The summed E-state index contributed by atoms with van der Waals surface area (Å²) < 4.78 is 0. The third kappa shape index (κ3) is 2.66. The van der Waals surface area contributed by atoms with Crippen molar-refractivity contribution in [1.82, 2.24) is 25.3 Å². The Hall–Kier alpha value is -3.16. The first kappa shape index (κ1) is 13.8. The number of phenolic OH excluding ortho intramolecular Hbond substituents is 1. The van der Waals surface area contributed by atoms with Gasteiger partial charge in [0.2, 0.25) is 11.7 Å². The van der Waals surface area contributed by atoms with Crippen LogP contribution in [0.1, 0.15) is 16.3 Å². The number of phenols is 1. The Labute approximate surface area is 124 Å². The van der Waals surface area contributed by atoms with E-state index >= 15 is 0 Å². The van der Waals surface area contributed by atoms with E-state index in [9.17, 15) is 15.0 Å². The van der Waals surface area contributed by atoms with Gasteiger partial charge in [-0.05, 0) is 12.1 Å². The van der Waals surface area contributed by atoms with E-state index in [1.54, 1.807) is 24.7 Å². The summed E-state index contributed by atoms with van der Waals surface area (Å²) in [6.45, 7) is 0.354. The summed E-state index contributed by atoms with van der Waals surface area (Å²) in [5.74, 6) is -1.20. The van der Waals surface area contributed by atoms with Crippen molar-refractivity contribution in [2.45, 2.75) is 6.42 Å². The predicted octanol–water partition coefficient (Wildman–Crippen LogP) is 0.737. The lowest BCUT2D eigenvalue weighted by molar-refractivity contribution is 0.0943. The van der Waals surface area contributed by atoms with Gasteiger partial charge in [0, 0.05) is 19.2 Å². The number of fused-ring (bicyclic) bond motifs is 1. The van der Waals surface area contributed by atoms with E-state index in [0.717, 1.165) is 5.69 Å². The number of nitrogens with one attached hydrogen (secondary N) is 2. The van der Waals surface area contributed by atoms with Crippen LogP contribution >= 0.6 is 0 Å². The third-order valence-corrected chi connectivity index (χ3v) is 3.11. The number of nitrogens with zero attached hydrogens (tertiary/aromatic N) is 3. The molecular formula is C14H13N5O3. The summed E-state index contributed by atoms with van der Waals surface area (Å²) in [5.41, 5.74) is 0.952. The Balaban J connectivity index is 1.77. The van der Waals surface area contributed by atoms with Gasteiger partial charge in [-0.1, -0.05) is 6.07 Å². The van der Waals surface area contributed by atoms with Crippen molar-refractivity contribution >= 4 is 16.8 Å². The highest BCUT2D eigenvalue weighted by Gasteiger charge is 2.15. The van der Waals surface area contributed by atoms with Crippen molar-refractivity contribution < 1.29 is 15.0 Å². The minimum Gasteiger partial charge on any atom is -0.506 e. The van der Waals surface area contributed by atoms with Crippen molar-refractivity contribution in [2.75, 3.05) is 6.54 Å².